The van der Waals surface area contributed by atoms with Gasteiger partial charge in [-0.1, -0.05) is 12.1 Å². The normalized spacial score (nSPS) is 22.5. The highest BCUT2D eigenvalue weighted by Crippen LogP contribution is 2.36. The maximum Gasteiger partial charge on any atom is 0.227 e. The molecule has 27 heavy (non-hydrogen) atoms. The Morgan fingerprint density at radius 3 is 2.67 bits per heavy atom. The number of aryl methyl sites for hydroxylation is 3. The number of carbonyl (C=O) groups is 1. The van der Waals surface area contributed by atoms with E-state index in [0.717, 1.165) is 49.1 Å². The van der Waals surface area contributed by atoms with Gasteiger partial charge in [0.2, 0.25) is 5.91 Å². The Morgan fingerprint density at radius 1 is 1.26 bits per heavy atom. The fourth-order valence-electron chi connectivity index (χ4n) is 4.82. The Bertz CT molecular complexity index is 862. The van der Waals surface area contributed by atoms with Crippen LogP contribution in [0.15, 0.2) is 12.1 Å². The summed E-state index contributed by atoms with van der Waals surface area (Å²) in [4.78, 5) is 18.4. The molecule has 0 bridgehead atoms. The average molecular weight is 370 g/mol. The van der Waals surface area contributed by atoms with E-state index in [-0.39, 0.29) is 5.91 Å². The van der Waals surface area contributed by atoms with Crippen molar-refractivity contribution in [3.05, 3.63) is 34.5 Å². The molecule has 0 unspecified atom stereocenters. The first-order valence-corrected chi connectivity index (χ1v) is 10.1. The highest BCUT2D eigenvalue weighted by Gasteiger charge is 2.44. The number of hydrogen-bond donors (Lipinski definition) is 2. The Balaban J connectivity index is 1.50. The maximum absolute atomic E-state index is 13.0. The molecule has 2 aliphatic rings. The zero-order valence-corrected chi connectivity index (χ0v) is 16.6. The first-order valence-electron chi connectivity index (χ1n) is 10.1. The van der Waals surface area contributed by atoms with Gasteiger partial charge in [-0.3, -0.25) is 4.79 Å². The summed E-state index contributed by atoms with van der Waals surface area (Å²) in [5.74, 6) is 0.167. The van der Waals surface area contributed by atoms with Crippen LogP contribution in [0.25, 0.3) is 10.9 Å². The highest BCUT2D eigenvalue weighted by atomic mass is 16.5. The minimum atomic E-state index is -0.431. The van der Waals surface area contributed by atoms with Crippen molar-refractivity contribution in [2.45, 2.75) is 64.6 Å². The van der Waals surface area contributed by atoms with Gasteiger partial charge in [-0.05, 0) is 63.1 Å². The van der Waals surface area contributed by atoms with Gasteiger partial charge in [-0.2, -0.15) is 0 Å². The predicted octanol–water partition coefficient (Wildman–Crippen LogP) is 3.17. The maximum atomic E-state index is 13.0. The molecular formula is C22H30N2O3. The molecule has 1 aromatic heterocycles. The first-order chi connectivity index (χ1) is 12.9. The number of aromatic nitrogens is 1. The minimum absolute atomic E-state index is 0.167. The molecule has 2 aromatic rings. The zero-order chi connectivity index (χ0) is 19.2. The topological polar surface area (TPSA) is 65.6 Å². The third-order valence-electron chi connectivity index (χ3n) is 6.60. The van der Waals surface area contributed by atoms with Gasteiger partial charge in [0.15, 0.2) is 0 Å². The molecule has 2 saturated heterocycles. The van der Waals surface area contributed by atoms with E-state index in [0.29, 0.717) is 19.5 Å². The summed E-state index contributed by atoms with van der Waals surface area (Å²) in [6, 6.07) is 4.25. The second-order valence-corrected chi connectivity index (χ2v) is 8.31. The molecule has 5 heteroatoms. The molecule has 146 valence electrons. The van der Waals surface area contributed by atoms with Crippen LogP contribution >= 0.6 is 0 Å². The second-order valence-electron chi connectivity index (χ2n) is 8.31. The van der Waals surface area contributed by atoms with Crippen molar-refractivity contribution in [2.75, 3.05) is 19.7 Å². The number of aromatic amines is 1. The van der Waals surface area contributed by atoms with Crippen LogP contribution < -0.4 is 0 Å². The number of nitrogens with zero attached hydrogens (tertiary/aromatic N) is 1. The van der Waals surface area contributed by atoms with Gasteiger partial charge in [0.25, 0.3) is 0 Å². The lowest BCUT2D eigenvalue weighted by Gasteiger charge is -2.46. The van der Waals surface area contributed by atoms with Crippen molar-refractivity contribution >= 4 is 16.8 Å². The summed E-state index contributed by atoms with van der Waals surface area (Å²) in [6.07, 6.45) is 3.21. The summed E-state index contributed by atoms with van der Waals surface area (Å²) in [6.45, 7) is 8.31. The third kappa shape index (κ3) is 3.17. The van der Waals surface area contributed by atoms with Gasteiger partial charge in [0.05, 0.1) is 18.1 Å². The molecule has 0 aliphatic carbocycles. The van der Waals surface area contributed by atoms with Crippen molar-refractivity contribution in [3.63, 3.8) is 0 Å². The Labute approximate surface area is 160 Å². The molecule has 1 spiro atoms. The van der Waals surface area contributed by atoms with Gasteiger partial charge in [-0.15, -0.1) is 0 Å². The number of aliphatic hydroxyl groups excluding tert-OH is 1. The van der Waals surface area contributed by atoms with Crippen LogP contribution in [0.2, 0.25) is 0 Å². The molecule has 1 atom stereocenters. The Hall–Kier alpha value is -1.85. The molecule has 5 nitrogen and oxygen atoms in total. The van der Waals surface area contributed by atoms with Crippen LogP contribution in [0.5, 0.6) is 0 Å². The number of H-pyrrole nitrogens is 1. The molecule has 1 amide bonds. The number of fused-ring (bicyclic) bond motifs is 1. The highest BCUT2D eigenvalue weighted by molar-refractivity contribution is 5.93. The van der Waals surface area contributed by atoms with Crippen molar-refractivity contribution in [1.29, 1.82) is 0 Å². The quantitative estimate of drug-likeness (QED) is 0.853. The van der Waals surface area contributed by atoms with Crippen LogP contribution in [0.3, 0.4) is 0 Å². The largest absolute Gasteiger partial charge is 0.390 e. The molecule has 4 rings (SSSR count). The second kappa shape index (κ2) is 6.95. The summed E-state index contributed by atoms with van der Waals surface area (Å²) < 4.78 is 5.97. The molecule has 2 N–H and O–H groups in total. The number of nitrogens with one attached hydrogen (secondary N) is 1. The van der Waals surface area contributed by atoms with Crippen LogP contribution in [-0.2, 0) is 16.0 Å². The smallest absolute Gasteiger partial charge is 0.227 e. The molecule has 3 heterocycles. The number of aliphatic hydroxyl groups is 1. The Morgan fingerprint density at radius 2 is 1.96 bits per heavy atom. The van der Waals surface area contributed by atoms with E-state index in [1.54, 1.807) is 0 Å². The standard InChI is InChI=1S/C22H30N2O3/c1-14-6-7-15(2)21-20(14)17(16(3)23-21)13-19(26)24-10-8-22(9-11-24)18(25)5-4-12-27-22/h6-7,18,23,25H,4-5,8-13H2,1-3H3/t18-/m0/s1. The van der Waals surface area contributed by atoms with E-state index >= 15 is 0 Å². The number of carbonyl (C=O) groups excluding carboxylic acids is 1. The van der Waals surface area contributed by atoms with Crippen molar-refractivity contribution < 1.29 is 14.6 Å². The average Bonchev–Trinajstić information content (AvgIpc) is 2.99. The van der Waals surface area contributed by atoms with Gasteiger partial charge in [0, 0.05) is 36.3 Å². The monoisotopic (exact) mass is 370 g/mol. The van der Waals surface area contributed by atoms with E-state index in [1.165, 1.54) is 16.5 Å². The SMILES string of the molecule is Cc1[nH]c2c(C)ccc(C)c2c1CC(=O)N1CCC2(CC1)OCCC[C@@H]2O. The van der Waals surface area contributed by atoms with E-state index in [9.17, 15) is 9.90 Å². The summed E-state index contributed by atoms with van der Waals surface area (Å²) in [5, 5.41) is 11.6. The molecule has 1 aromatic carbocycles. The summed E-state index contributed by atoms with van der Waals surface area (Å²) in [5.41, 5.74) is 5.33. The van der Waals surface area contributed by atoms with Crippen molar-refractivity contribution in [3.8, 4) is 0 Å². The van der Waals surface area contributed by atoms with Gasteiger partial charge < -0.3 is 19.7 Å². The fourth-order valence-corrected chi connectivity index (χ4v) is 4.82. The number of amides is 1. The number of benzene rings is 1. The number of rotatable bonds is 2. The Kier molecular flexibility index (Phi) is 4.77. The number of ether oxygens (including phenoxy) is 1. The third-order valence-corrected chi connectivity index (χ3v) is 6.60. The van der Waals surface area contributed by atoms with Gasteiger partial charge in [-0.25, -0.2) is 0 Å². The lowest BCUT2D eigenvalue weighted by molar-refractivity contribution is -0.179. The van der Waals surface area contributed by atoms with E-state index in [4.69, 9.17) is 4.74 Å². The predicted molar refractivity (Wildman–Crippen MR) is 106 cm³/mol. The molecule has 2 aliphatic heterocycles. The number of likely N-dealkylation sites (tertiary alicyclic amines) is 1. The van der Waals surface area contributed by atoms with Crippen LogP contribution in [0.4, 0.5) is 0 Å². The zero-order valence-electron chi connectivity index (χ0n) is 16.6. The molecule has 0 saturated carbocycles. The lowest BCUT2D eigenvalue weighted by Crippen LogP contribution is -2.56. The van der Waals surface area contributed by atoms with Crippen molar-refractivity contribution in [2.24, 2.45) is 0 Å². The van der Waals surface area contributed by atoms with Crippen LogP contribution in [0.1, 0.15) is 48.1 Å². The molecular weight excluding hydrogens is 340 g/mol. The summed E-state index contributed by atoms with van der Waals surface area (Å²) >= 11 is 0. The van der Waals surface area contributed by atoms with Crippen LogP contribution in [0, 0.1) is 20.8 Å². The van der Waals surface area contributed by atoms with E-state index in [2.05, 4.69) is 37.9 Å². The molecule has 0 radical (unpaired) electrons. The number of hydrogen-bond acceptors (Lipinski definition) is 3. The van der Waals surface area contributed by atoms with Crippen molar-refractivity contribution in [1.82, 2.24) is 9.88 Å². The van der Waals surface area contributed by atoms with E-state index in [1.807, 2.05) is 4.90 Å². The first kappa shape index (κ1) is 18.5. The minimum Gasteiger partial charge on any atom is -0.390 e. The van der Waals surface area contributed by atoms with E-state index < -0.39 is 11.7 Å². The van der Waals surface area contributed by atoms with Gasteiger partial charge in [0.1, 0.15) is 0 Å². The lowest BCUT2D eigenvalue weighted by atomic mass is 9.82. The van der Waals surface area contributed by atoms with Gasteiger partial charge >= 0.3 is 0 Å². The van der Waals surface area contributed by atoms with Crippen LogP contribution in [-0.4, -0.2) is 52.3 Å². The molecule has 2 fully saturated rings. The summed E-state index contributed by atoms with van der Waals surface area (Å²) in [7, 11) is 0. The number of piperidine rings is 1. The fraction of sp³-hybridized carbons (Fsp3) is 0.591.